The second kappa shape index (κ2) is 47.6. The number of carbonyl (C=O) groups excluding carboxylic acids is 9. The smallest absolute Gasteiger partial charge is 0.412 e. The third-order valence-electron chi connectivity index (χ3n) is 17.2. The number of benzene rings is 5. The second-order valence-electron chi connectivity index (χ2n) is 24.8. The molecule has 8 aromatic rings. The zero-order chi connectivity index (χ0) is 82.4. The van der Waals surface area contributed by atoms with Crippen LogP contribution < -0.4 is 32.3 Å². The van der Waals surface area contributed by atoms with Gasteiger partial charge in [0.25, 0.3) is 23.6 Å². The highest BCUT2D eigenvalue weighted by atomic mass is 35.5. The molecule has 115 heavy (non-hydrogen) atoms. The van der Waals surface area contributed by atoms with Crippen LogP contribution in [-0.4, -0.2) is 188 Å². The molecule has 0 saturated carbocycles. The summed E-state index contributed by atoms with van der Waals surface area (Å²) < 4.78 is 51.5. The van der Waals surface area contributed by atoms with Gasteiger partial charge >= 0.3 is 36.2 Å². The lowest BCUT2D eigenvalue weighted by Gasteiger charge is -2.28. The molecule has 39 heteroatoms. The molecule has 0 aliphatic carbocycles. The van der Waals surface area contributed by atoms with E-state index in [0.717, 1.165) is 4.90 Å². The third-order valence-corrected chi connectivity index (χ3v) is 19.2. The number of pyridine rings is 3. The van der Waals surface area contributed by atoms with Crippen LogP contribution in [0, 0.1) is 17.5 Å². The molecule has 0 fully saturated rings. The fourth-order valence-corrected chi connectivity index (χ4v) is 11.8. The van der Waals surface area contributed by atoms with Crippen LogP contribution in [0.3, 0.4) is 0 Å². The van der Waals surface area contributed by atoms with Gasteiger partial charge in [0, 0.05) is 72.5 Å². The van der Waals surface area contributed by atoms with Gasteiger partial charge in [-0.15, -0.1) is 0 Å². The molecule has 3 atom stereocenters. The van der Waals surface area contributed by atoms with Crippen LogP contribution in [0.2, 0.25) is 30.1 Å². The van der Waals surface area contributed by atoms with Crippen molar-refractivity contribution < 1.29 is 80.8 Å². The number of hydrogen-bond acceptors (Lipinski definition) is 17. The monoisotopic (exact) mass is 1740 g/mol. The fourth-order valence-electron chi connectivity index (χ4n) is 10.9. The first-order chi connectivity index (χ1) is 54.0. The molecule has 0 spiro atoms. The molecular formula is C76H81Cl6F3N14O14S2. The van der Waals surface area contributed by atoms with Gasteiger partial charge in [-0.3, -0.25) is 39.6 Å². The Hall–Kier alpha value is -10.2. The number of hydrogen-bond donors (Lipinski definition) is 8. The van der Waals surface area contributed by atoms with Gasteiger partial charge in [-0.2, -0.15) is 27.0 Å². The predicted molar refractivity (Wildman–Crippen MR) is 438 cm³/mol. The highest BCUT2D eigenvalue weighted by Gasteiger charge is 2.37. The Bertz CT molecular complexity index is 4610. The highest BCUT2D eigenvalue weighted by molar-refractivity contribution is 7.59. The van der Waals surface area contributed by atoms with Crippen LogP contribution in [0.4, 0.5) is 48.8 Å². The maximum absolute atomic E-state index is 13.8. The summed E-state index contributed by atoms with van der Waals surface area (Å²) in [5, 5.41) is 32.1. The van der Waals surface area contributed by atoms with Crippen molar-refractivity contribution in [2.75, 3.05) is 71.2 Å². The number of likely N-dealkylation sites (N-methyl/N-ethyl adjacent to an activating group) is 3. The molecule has 0 radical (unpaired) electrons. The predicted octanol–water partition coefficient (Wildman–Crippen LogP) is 14.1. The molecule has 9 N–H and O–H groups in total. The Balaban J connectivity index is 0.000000290. The minimum Gasteiger partial charge on any atom is -0.477 e. The van der Waals surface area contributed by atoms with Crippen LogP contribution >= 0.6 is 96.6 Å². The molecule has 614 valence electrons. The van der Waals surface area contributed by atoms with E-state index in [4.69, 9.17) is 89.9 Å². The first-order valence-corrected chi connectivity index (χ1v) is 36.8. The van der Waals surface area contributed by atoms with Crippen LogP contribution in [-0.2, 0) is 29.1 Å². The number of nitrogens with two attached hydrogens (primary N) is 1. The number of aliphatic hydroxyl groups is 1. The van der Waals surface area contributed by atoms with Gasteiger partial charge < -0.3 is 56.1 Å². The Morgan fingerprint density at radius 1 is 0.461 bits per heavy atom. The molecule has 10 rings (SSSR count). The number of imide groups is 2. The lowest BCUT2D eigenvalue weighted by Crippen LogP contribution is -2.46. The van der Waals surface area contributed by atoms with E-state index in [1.807, 2.05) is 0 Å². The lowest BCUT2D eigenvalue weighted by atomic mass is 10.1. The van der Waals surface area contributed by atoms with Crippen LogP contribution in [0.5, 0.6) is 0 Å². The highest BCUT2D eigenvalue weighted by Crippen LogP contribution is 2.27. The number of halogens is 9. The number of amides is 12. The van der Waals surface area contributed by atoms with E-state index < -0.39 is 71.8 Å². The van der Waals surface area contributed by atoms with E-state index in [0.29, 0.717) is 92.7 Å². The molecule has 5 aromatic carbocycles. The summed E-state index contributed by atoms with van der Waals surface area (Å²) in [4.78, 5) is 141. The molecule has 0 unspecified atom stereocenters. The zero-order valence-corrected chi connectivity index (χ0v) is 68.2. The average Bonchev–Trinajstić information content (AvgIpc) is 1.65. The van der Waals surface area contributed by atoms with Gasteiger partial charge in [0.15, 0.2) is 0 Å². The van der Waals surface area contributed by atoms with E-state index in [2.05, 4.69) is 41.5 Å². The summed E-state index contributed by atoms with van der Waals surface area (Å²) in [6.45, 7) is 0.231. The molecule has 3 aromatic heterocycles. The first kappa shape index (κ1) is 95.4. The number of carboxylic acid groups (broad SMARTS) is 1. The van der Waals surface area contributed by atoms with E-state index in [1.54, 1.807) is 85.9 Å². The van der Waals surface area contributed by atoms with Crippen LogP contribution in [0.25, 0.3) is 0 Å². The number of aromatic nitrogens is 3. The minimum atomic E-state index is -1.04. The Morgan fingerprint density at radius 2 is 0.783 bits per heavy atom. The molecular weight excluding hydrogens is 1670 g/mol. The van der Waals surface area contributed by atoms with Gasteiger partial charge in [-0.25, -0.2) is 56.9 Å². The molecule has 12 amide bonds. The summed E-state index contributed by atoms with van der Waals surface area (Å²) in [7, 11) is 4.62. The van der Waals surface area contributed by atoms with Crippen molar-refractivity contribution in [3.63, 3.8) is 0 Å². The number of nitrogens with one attached hydrogen (secondary N) is 5. The summed E-state index contributed by atoms with van der Waals surface area (Å²) >= 11 is 34.8. The standard InChI is InChI=1S/C28H26Cl2FN5O5.C22H23ClFN3O4.C20H24Cl2FN5O3.C6H4ClNO2.2H2S/c1-35(27(39)33-14-17-6-4-10-22(31)24(17)30)19(16-41-28(40)34-23-12-11-18(29)15-32-23)7-5-13-36-25(37)20-8-2-3-9-21(20)26(36)38;1-26(22(31)25-12-14-6-4-10-18(24)19(14)23)15(13-28)7-5-11-27-20(29)16-8-2-3-9-17(16)21(27)30;1-28(19(29)26-10-13-4-2-6-16(23)18(13)22)15(5-3-9-24)12-31-20(30)27-17-8-7-14(21)11-25-17;7-4-1-2-5(6(9)10)8-3-4;;/h2-4,6,8-12,15,19H,5,7,13-14,16H2,1H3,(H,33,39)(H,32,34,40);2-4,6,8-10,15,28H,5,7,11-13H2,1H3,(H,25,31);2,4,6-8,11,15H,3,5,9-10,12,24H2,1H3,(H,26,29)(H,25,27,30);1-3H,(H,9,10);2*1H2/t19-;2*15-;;;/m000.../s1. The van der Waals surface area contributed by atoms with Gasteiger partial charge in [-0.1, -0.05) is 130 Å². The quantitative estimate of drug-likeness (QED) is 0.0211. The largest absolute Gasteiger partial charge is 0.477 e. The van der Waals surface area contributed by atoms with Crippen molar-refractivity contribution in [1.29, 1.82) is 0 Å². The van der Waals surface area contributed by atoms with Gasteiger partial charge in [0.05, 0.1) is 77.1 Å². The number of nitrogens with zero attached hydrogens (tertiary/aromatic N) is 8. The summed E-state index contributed by atoms with van der Waals surface area (Å²) in [6, 6.07) is 32.3. The molecule has 0 bridgehead atoms. The molecule has 2 aliphatic rings. The third kappa shape index (κ3) is 28.3. The maximum Gasteiger partial charge on any atom is 0.412 e. The number of urea groups is 3. The lowest BCUT2D eigenvalue weighted by molar-refractivity contribution is 0.0629. The first-order valence-electron chi connectivity index (χ1n) is 34.5. The van der Waals surface area contributed by atoms with Crippen molar-refractivity contribution >= 4 is 168 Å². The summed E-state index contributed by atoms with van der Waals surface area (Å²) in [5.41, 5.74) is 8.33. The van der Waals surface area contributed by atoms with Crippen molar-refractivity contribution in [2.24, 2.45) is 5.73 Å². The van der Waals surface area contributed by atoms with Crippen molar-refractivity contribution in [3.8, 4) is 0 Å². The Morgan fingerprint density at radius 3 is 1.09 bits per heavy atom. The second-order valence-corrected chi connectivity index (χ2v) is 27.2. The van der Waals surface area contributed by atoms with E-state index in [1.165, 1.54) is 113 Å². The number of carbonyl (C=O) groups is 10. The van der Waals surface area contributed by atoms with E-state index >= 15 is 0 Å². The number of carboxylic acids is 1. The average molecular weight is 1750 g/mol. The minimum absolute atomic E-state index is 0. The summed E-state index contributed by atoms with van der Waals surface area (Å²) in [6.07, 6.45) is 5.10. The zero-order valence-electron chi connectivity index (χ0n) is 61.7. The van der Waals surface area contributed by atoms with Crippen molar-refractivity contribution in [1.82, 2.24) is 55.4 Å². The van der Waals surface area contributed by atoms with Gasteiger partial charge in [0.1, 0.15) is 48.0 Å². The molecule has 5 heterocycles. The number of aromatic carboxylic acids is 1. The maximum atomic E-state index is 13.8. The SMILES string of the molecule is CN(C(=O)NCc1cccc(F)c1Cl)[C@@H](CCCN)COC(=O)Nc1ccc(Cl)cn1.CN(C(=O)NCc1cccc(F)c1Cl)[C@@H](CCCN1C(=O)c2ccccc2C1=O)COC(=O)Nc1ccc(Cl)cn1.CN(C(=O)NCc1cccc(F)c1Cl)[C@H](CO)CCCN1C(=O)c2ccccc2C1=O.O=C(O)c1ccc(Cl)cn1.S.S. The topological polar surface area (TPSA) is 371 Å². The number of fused-ring (bicyclic) bond motifs is 2. The number of aliphatic hydroxyl groups excluding tert-OH is 1. The molecule has 28 nitrogen and oxygen atoms in total. The molecule has 0 saturated heterocycles. The van der Waals surface area contributed by atoms with E-state index in [-0.39, 0.29) is 142 Å². The number of rotatable bonds is 28. The van der Waals surface area contributed by atoms with Gasteiger partial charge in [0.2, 0.25) is 0 Å². The number of anilines is 2. The Kier molecular flexibility index (Phi) is 39.5. The van der Waals surface area contributed by atoms with E-state index in [9.17, 15) is 66.2 Å². The van der Waals surface area contributed by atoms with Crippen molar-refractivity contribution in [3.05, 3.63) is 250 Å². The Labute approximate surface area is 703 Å². The summed E-state index contributed by atoms with van der Waals surface area (Å²) in [5.74, 6) is -3.70. The normalized spacial score (nSPS) is 12.3. The number of ether oxygens (including phenoxy) is 2. The van der Waals surface area contributed by atoms with Gasteiger partial charge in [-0.05, 0) is 141 Å². The van der Waals surface area contributed by atoms with Crippen molar-refractivity contribution in [2.45, 2.75) is 76.3 Å². The molecule has 2 aliphatic heterocycles. The van der Waals surface area contributed by atoms with Crippen LogP contribution in [0.15, 0.2) is 158 Å². The fraction of sp³-hybridized carbons (Fsp3) is 0.276. The van der Waals surface area contributed by atoms with Crippen LogP contribution in [0.1, 0.15) is 107 Å².